The summed E-state index contributed by atoms with van der Waals surface area (Å²) in [5.74, 6) is -0.0905. The second-order valence-electron chi connectivity index (χ2n) is 4.36. The van der Waals surface area contributed by atoms with Gasteiger partial charge in [0, 0.05) is 6.42 Å². The van der Waals surface area contributed by atoms with Crippen LogP contribution in [0.5, 0.6) is 11.5 Å². The summed E-state index contributed by atoms with van der Waals surface area (Å²) in [6, 6.07) is 4.58. The van der Waals surface area contributed by atoms with E-state index in [0.29, 0.717) is 24.7 Å². The average molecular weight is 284 g/mol. The second kappa shape index (κ2) is 6.56. The fourth-order valence-corrected chi connectivity index (χ4v) is 1.88. The number of esters is 1. The Kier molecular flexibility index (Phi) is 4.79. The number of carbonyl (C=O) groups excluding carboxylic acids is 1. The van der Waals surface area contributed by atoms with Crippen LogP contribution in [0, 0.1) is 0 Å². The summed E-state index contributed by atoms with van der Waals surface area (Å²) >= 11 is 0. The molecule has 1 aromatic carbocycles. The predicted molar refractivity (Wildman–Crippen MR) is 68.5 cm³/mol. The summed E-state index contributed by atoms with van der Waals surface area (Å²) < 4.78 is 29.2. The monoisotopic (exact) mass is 284 g/mol. The Hall–Kier alpha value is -1.82. The van der Waals surface area contributed by atoms with E-state index >= 15 is 0 Å². The molecule has 0 saturated heterocycles. The molecule has 110 valence electrons. The Morgan fingerprint density at radius 2 is 2.10 bits per heavy atom. The normalized spacial score (nSPS) is 16.9. The summed E-state index contributed by atoms with van der Waals surface area (Å²) in [7, 11) is 0. The molecule has 2 rings (SSSR count). The van der Waals surface area contributed by atoms with E-state index in [2.05, 4.69) is 4.74 Å². The molecule has 0 saturated carbocycles. The molecule has 5 nitrogen and oxygen atoms in total. The van der Waals surface area contributed by atoms with Crippen LogP contribution in [-0.4, -0.2) is 37.1 Å². The van der Waals surface area contributed by atoms with Crippen molar-refractivity contribution in [1.82, 2.24) is 0 Å². The van der Waals surface area contributed by atoms with Crippen LogP contribution in [0.4, 0.5) is 4.39 Å². The Morgan fingerprint density at radius 1 is 1.40 bits per heavy atom. The molecule has 0 aromatic heterocycles. The number of fused-ring (bicyclic) bond motifs is 1. The third-order valence-electron chi connectivity index (χ3n) is 2.90. The molecule has 0 fully saturated rings. The third-order valence-corrected chi connectivity index (χ3v) is 2.90. The minimum atomic E-state index is -2.13. The van der Waals surface area contributed by atoms with Crippen LogP contribution >= 0.6 is 0 Å². The van der Waals surface area contributed by atoms with Crippen molar-refractivity contribution in [3.8, 4) is 11.5 Å². The van der Waals surface area contributed by atoms with Crippen molar-refractivity contribution in [2.45, 2.75) is 25.6 Å². The molecule has 1 N–H and O–H groups in total. The minimum Gasteiger partial charge on any atom is -0.490 e. The molecule has 0 spiro atoms. The second-order valence-corrected chi connectivity index (χ2v) is 4.36. The van der Waals surface area contributed by atoms with Gasteiger partial charge in [-0.15, -0.1) is 0 Å². The van der Waals surface area contributed by atoms with Crippen LogP contribution < -0.4 is 9.47 Å². The summed E-state index contributed by atoms with van der Waals surface area (Å²) in [6.07, 6.45) is -2.97. The number of benzene rings is 1. The number of hydrogen-bond acceptors (Lipinski definition) is 5. The number of ether oxygens (including phenoxy) is 3. The lowest BCUT2D eigenvalue weighted by atomic mass is 10.0. The van der Waals surface area contributed by atoms with Crippen molar-refractivity contribution in [1.29, 1.82) is 0 Å². The van der Waals surface area contributed by atoms with E-state index in [1.54, 1.807) is 13.0 Å². The van der Waals surface area contributed by atoms with Gasteiger partial charge in [-0.2, -0.15) is 0 Å². The fourth-order valence-electron chi connectivity index (χ4n) is 1.88. The van der Waals surface area contributed by atoms with Gasteiger partial charge in [0.1, 0.15) is 6.10 Å². The van der Waals surface area contributed by atoms with Gasteiger partial charge in [0.15, 0.2) is 11.5 Å². The van der Waals surface area contributed by atoms with Crippen LogP contribution in [0.2, 0.25) is 0 Å². The molecule has 1 aromatic rings. The molecule has 1 heterocycles. The van der Waals surface area contributed by atoms with Gasteiger partial charge in [-0.25, -0.2) is 9.18 Å². The van der Waals surface area contributed by atoms with E-state index in [-0.39, 0.29) is 12.2 Å². The van der Waals surface area contributed by atoms with E-state index in [9.17, 15) is 14.3 Å². The zero-order valence-electron chi connectivity index (χ0n) is 11.2. The fraction of sp³-hybridized carbons (Fsp3) is 0.500. The average Bonchev–Trinajstić information content (AvgIpc) is 2.70. The van der Waals surface area contributed by atoms with Crippen molar-refractivity contribution in [2.75, 3.05) is 19.8 Å². The van der Waals surface area contributed by atoms with Gasteiger partial charge in [0.25, 0.3) is 0 Å². The van der Waals surface area contributed by atoms with Crippen molar-refractivity contribution in [3.05, 3.63) is 23.8 Å². The minimum absolute atomic E-state index is 0.0626. The zero-order valence-corrected chi connectivity index (χ0v) is 11.2. The maximum absolute atomic E-state index is 13.8. The number of aliphatic hydroxyl groups excluding tert-OH is 1. The lowest BCUT2D eigenvalue weighted by Crippen LogP contribution is -2.26. The quantitative estimate of drug-likeness (QED) is 0.854. The number of halogens is 1. The molecule has 2 atom stereocenters. The lowest BCUT2D eigenvalue weighted by Gasteiger charge is -2.16. The van der Waals surface area contributed by atoms with Gasteiger partial charge in [-0.3, -0.25) is 0 Å². The van der Waals surface area contributed by atoms with Crippen LogP contribution in [0.1, 0.15) is 25.0 Å². The van der Waals surface area contributed by atoms with Gasteiger partial charge >= 0.3 is 5.97 Å². The highest BCUT2D eigenvalue weighted by atomic mass is 19.1. The summed E-state index contributed by atoms with van der Waals surface area (Å²) in [6.45, 7) is 2.67. The smallest absolute Gasteiger partial charge is 0.343 e. The molecule has 2 unspecified atom stereocenters. The van der Waals surface area contributed by atoms with Gasteiger partial charge in [-0.05, 0) is 24.6 Å². The van der Waals surface area contributed by atoms with Crippen LogP contribution in [0.3, 0.4) is 0 Å². The first-order valence-corrected chi connectivity index (χ1v) is 6.51. The Labute approximate surface area is 116 Å². The topological polar surface area (TPSA) is 65.0 Å². The molecular formula is C14H17FO5. The SMILES string of the molecule is CCOC(=O)C(F)C(O)c1ccc2c(c1)OCCCO2. The Balaban J connectivity index is 2.16. The van der Waals surface area contributed by atoms with Crippen molar-refractivity contribution in [2.24, 2.45) is 0 Å². The number of hydrogen-bond donors (Lipinski definition) is 1. The molecule has 1 aliphatic heterocycles. The maximum atomic E-state index is 13.8. The van der Waals surface area contributed by atoms with Crippen LogP contribution in [0.25, 0.3) is 0 Å². The lowest BCUT2D eigenvalue weighted by molar-refractivity contribution is -0.153. The molecule has 0 aliphatic carbocycles. The van der Waals surface area contributed by atoms with E-state index in [4.69, 9.17) is 9.47 Å². The van der Waals surface area contributed by atoms with E-state index in [1.165, 1.54) is 12.1 Å². The molecule has 1 aliphatic rings. The first-order valence-electron chi connectivity index (χ1n) is 6.51. The number of rotatable bonds is 4. The van der Waals surface area contributed by atoms with Gasteiger partial charge in [-0.1, -0.05) is 6.07 Å². The molecule has 20 heavy (non-hydrogen) atoms. The number of aliphatic hydroxyl groups is 1. The molecule has 0 amide bonds. The largest absolute Gasteiger partial charge is 0.490 e. The first-order chi connectivity index (χ1) is 9.63. The third kappa shape index (κ3) is 3.19. The van der Waals surface area contributed by atoms with Crippen LogP contribution in [-0.2, 0) is 9.53 Å². The van der Waals surface area contributed by atoms with E-state index in [0.717, 1.165) is 6.42 Å². The highest BCUT2D eigenvalue weighted by Gasteiger charge is 2.29. The Morgan fingerprint density at radius 3 is 2.80 bits per heavy atom. The predicted octanol–water partition coefficient (Wildman–Crippen LogP) is 1.78. The highest BCUT2D eigenvalue weighted by molar-refractivity contribution is 5.75. The maximum Gasteiger partial charge on any atom is 0.343 e. The Bertz CT molecular complexity index is 477. The molecule has 0 radical (unpaired) electrons. The van der Waals surface area contributed by atoms with Gasteiger partial charge in [0.05, 0.1) is 19.8 Å². The van der Waals surface area contributed by atoms with E-state index in [1.807, 2.05) is 0 Å². The van der Waals surface area contributed by atoms with Gasteiger partial charge in [0.2, 0.25) is 6.17 Å². The van der Waals surface area contributed by atoms with Crippen molar-refractivity contribution in [3.63, 3.8) is 0 Å². The van der Waals surface area contributed by atoms with Gasteiger partial charge < -0.3 is 19.3 Å². The molecule has 6 heteroatoms. The highest BCUT2D eigenvalue weighted by Crippen LogP contribution is 2.33. The molecular weight excluding hydrogens is 267 g/mol. The summed E-state index contributed by atoms with van der Waals surface area (Å²) in [5, 5.41) is 9.89. The summed E-state index contributed by atoms with van der Waals surface area (Å²) in [5.41, 5.74) is 0.245. The number of carbonyl (C=O) groups is 1. The standard InChI is InChI=1S/C14H17FO5/c1-2-18-14(17)12(15)13(16)9-4-5-10-11(8-9)20-7-3-6-19-10/h4-5,8,12-13,16H,2-3,6-7H2,1H3. The van der Waals surface area contributed by atoms with Crippen molar-refractivity contribution >= 4 is 5.97 Å². The zero-order chi connectivity index (χ0) is 14.5. The van der Waals surface area contributed by atoms with Crippen LogP contribution in [0.15, 0.2) is 18.2 Å². The number of alkyl halides is 1. The summed E-state index contributed by atoms with van der Waals surface area (Å²) in [4.78, 5) is 11.3. The molecule has 0 bridgehead atoms. The van der Waals surface area contributed by atoms with Crippen molar-refractivity contribution < 1.29 is 28.5 Å². The van der Waals surface area contributed by atoms with E-state index < -0.39 is 18.2 Å². The first kappa shape index (κ1) is 14.6.